The molecule has 8 nitrogen and oxygen atoms in total. The molecule has 128 valence electrons. The van der Waals surface area contributed by atoms with Crippen LogP contribution in [-0.2, 0) is 14.8 Å². The lowest BCUT2D eigenvalue weighted by atomic mass is 10.1. The number of carbonyl (C=O) groups is 1. The Hall–Kier alpha value is -1.42. The number of hydrogen-bond donors (Lipinski definition) is 1. The number of ether oxygens (including phenoxy) is 1. The third kappa shape index (κ3) is 3.42. The second-order valence-electron chi connectivity index (χ2n) is 5.68. The van der Waals surface area contributed by atoms with Gasteiger partial charge in [-0.05, 0) is 25.0 Å². The van der Waals surface area contributed by atoms with E-state index < -0.39 is 22.0 Å². The lowest BCUT2D eigenvalue weighted by Crippen LogP contribution is -2.42. The Morgan fingerprint density at radius 2 is 1.96 bits per heavy atom. The fourth-order valence-electron chi connectivity index (χ4n) is 2.78. The standard InChI is InChI=1S/C14H20N2O6S/c17-11-2-1-5-15(10-11)14(18)12-3-4-13(22-12)23(19,20)16-6-8-21-9-7-16/h3-4,11,17H,1-2,5-10H2. The summed E-state index contributed by atoms with van der Waals surface area (Å²) in [6.07, 6.45) is 0.838. The molecule has 0 aromatic carbocycles. The molecule has 1 aromatic rings. The Labute approximate surface area is 134 Å². The van der Waals surface area contributed by atoms with Crippen molar-refractivity contribution in [1.82, 2.24) is 9.21 Å². The van der Waals surface area contributed by atoms with Gasteiger partial charge in [0.25, 0.3) is 15.9 Å². The molecular formula is C14H20N2O6S. The number of likely N-dealkylation sites (tertiary alicyclic amines) is 1. The summed E-state index contributed by atoms with van der Waals surface area (Å²) in [5, 5.41) is 9.41. The number of aliphatic hydroxyl groups is 1. The minimum absolute atomic E-state index is 0.0223. The van der Waals surface area contributed by atoms with Crippen LogP contribution in [0.5, 0.6) is 0 Å². The van der Waals surface area contributed by atoms with Gasteiger partial charge in [-0.3, -0.25) is 4.79 Å². The first-order valence-electron chi connectivity index (χ1n) is 7.63. The van der Waals surface area contributed by atoms with Gasteiger partial charge in [-0.15, -0.1) is 0 Å². The lowest BCUT2D eigenvalue weighted by molar-refractivity contribution is 0.0443. The number of piperidine rings is 1. The molecule has 1 amide bonds. The topological polar surface area (TPSA) is 100 Å². The molecule has 1 aromatic heterocycles. The van der Waals surface area contributed by atoms with Gasteiger partial charge in [0.15, 0.2) is 5.76 Å². The number of nitrogens with zero attached hydrogens (tertiary/aromatic N) is 2. The van der Waals surface area contributed by atoms with Gasteiger partial charge >= 0.3 is 0 Å². The van der Waals surface area contributed by atoms with Crippen LogP contribution in [0.15, 0.2) is 21.6 Å². The predicted molar refractivity (Wildman–Crippen MR) is 79.4 cm³/mol. The molecular weight excluding hydrogens is 324 g/mol. The van der Waals surface area contributed by atoms with Crippen LogP contribution in [0.3, 0.4) is 0 Å². The summed E-state index contributed by atoms with van der Waals surface area (Å²) in [4.78, 5) is 13.8. The Kier molecular flexibility index (Phi) is 4.72. The first-order valence-corrected chi connectivity index (χ1v) is 9.07. The van der Waals surface area contributed by atoms with Crippen molar-refractivity contribution in [2.45, 2.75) is 24.0 Å². The van der Waals surface area contributed by atoms with Crippen LogP contribution in [0.2, 0.25) is 0 Å². The van der Waals surface area contributed by atoms with Crippen LogP contribution < -0.4 is 0 Å². The van der Waals surface area contributed by atoms with E-state index in [9.17, 15) is 18.3 Å². The van der Waals surface area contributed by atoms with Crippen molar-refractivity contribution in [2.75, 3.05) is 39.4 Å². The smallest absolute Gasteiger partial charge is 0.289 e. The van der Waals surface area contributed by atoms with Crippen LogP contribution in [0, 0.1) is 0 Å². The van der Waals surface area contributed by atoms with Crippen molar-refractivity contribution < 1.29 is 27.5 Å². The summed E-state index contributed by atoms with van der Waals surface area (Å²) in [6.45, 7) is 2.00. The monoisotopic (exact) mass is 344 g/mol. The molecule has 3 heterocycles. The number of hydrogen-bond acceptors (Lipinski definition) is 6. The van der Waals surface area contributed by atoms with Crippen LogP contribution in [-0.4, -0.2) is 74.1 Å². The number of β-amino-alcohol motifs (C(OH)–C–C–N with tert-alkyl or cyclic N) is 1. The first-order chi connectivity index (χ1) is 11.0. The highest BCUT2D eigenvalue weighted by atomic mass is 32.2. The molecule has 2 aliphatic heterocycles. The van der Waals surface area contributed by atoms with Crippen molar-refractivity contribution >= 4 is 15.9 Å². The molecule has 0 radical (unpaired) electrons. The summed E-state index contributed by atoms with van der Waals surface area (Å²) in [5.74, 6) is -0.418. The van der Waals surface area contributed by atoms with Gasteiger partial charge in [0.05, 0.1) is 19.3 Å². The molecule has 2 saturated heterocycles. The van der Waals surface area contributed by atoms with Gasteiger partial charge < -0.3 is 19.2 Å². The molecule has 2 aliphatic rings. The van der Waals surface area contributed by atoms with E-state index in [2.05, 4.69) is 0 Å². The largest absolute Gasteiger partial charge is 0.438 e. The molecule has 1 atom stereocenters. The van der Waals surface area contributed by atoms with E-state index in [1.807, 2.05) is 0 Å². The Balaban J connectivity index is 1.75. The SMILES string of the molecule is O=C(c1ccc(S(=O)(=O)N2CCOCC2)o1)N1CCCC(O)C1. The molecule has 2 fully saturated rings. The number of furan rings is 1. The van der Waals surface area contributed by atoms with E-state index in [-0.39, 0.29) is 30.5 Å². The predicted octanol–water partition coefficient (Wildman–Crippen LogP) is -0.103. The highest BCUT2D eigenvalue weighted by Gasteiger charge is 2.31. The summed E-state index contributed by atoms with van der Waals surface area (Å²) in [6, 6.07) is 2.68. The number of aliphatic hydroxyl groups excluding tert-OH is 1. The number of sulfonamides is 1. The van der Waals surface area contributed by atoms with Crippen molar-refractivity contribution in [3.05, 3.63) is 17.9 Å². The average Bonchev–Trinajstić information content (AvgIpc) is 3.06. The highest BCUT2D eigenvalue weighted by Crippen LogP contribution is 2.22. The van der Waals surface area contributed by atoms with E-state index in [1.165, 1.54) is 21.3 Å². The van der Waals surface area contributed by atoms with E-state index in [1.54, 1.807) is 0 Å². The molecule has 3 rings (SSSR count). The van der Waals surface area contributed by atoms with Crippen molar-refractivity contribution in [1.29, 1.82) is 0 Å². The van der Waals surface area contributed by atoms with Gasteiger partial charge in [0, 0.05) is 26.2 Å². The second kappa shape index (κ2) is 6.60. The number of amides is 1. The maximum Gasteiger partial charge on any atom is 0.289 e. The summed E-state index contributed by atoms with van der Waals surface area (Å²) in [5.41, 5.74) is 0. The number of rotatable bonds is 3. The Bertz CT molecular complexity index is 665. The molecule has 9 heteroatoms. The maximum absolute atomic E-state index is 12.5. The molecule has 1 N–H and O–H groups in total. The molecule has 23 heavy (non-hydrogen) atoms. The zero-order valence-electron chi connectivity index (χ0n) is 12.7. The fraction of sp³-hybridized carbons (Fsp3) is 0.643. The van der Waals surface area contributed by atoms with Crippen molar-refractivity contribution in [3.63, 3.8) is 0 Å². The zero-order chi connectivity index (χ0) is 16.4. The average molecular weight is 344 g/mol. The molecule has 0 spiro atoms. The van der Waals surface area contributed by atoms with E-state index in [0.717, 1.165) is 0 Å². The van der Waals surface area contributed by atoms with Gasteiger partial charge in [-0.1, -0.05) is 0 Å². The summed E-state index contributed by atoms with van der Waals surface area (Å²) in [7, 11) is -3.75. The summed E-state index contributed by atoms with van der Waals surface area (Å²) >= 11 is 0. The number of carbonyl (C=O) groups excluding carboxylic acids is 1. The van der Waals surface area contributed by atoms with Gasteiger partial charge in [0.1, 0.15) is 0 Å². The minimum atomic E-state index is -3.75. The quantitative estimate of drug-likeness (QED) is 0.822. The van der Waals surface area contributed by atoms with Gasteiger partial charge in [0.2, 0.25) is 5.09 Å². The minimum Gasteiger partial charge on any atom is -0.438 e. The van der Waals surface area contributed by atoms with Crippen molar-refractivity contribution in [2.24, 2.45) is 0 Å². The lowest BCUT2D eigenvalue weighted by Gasteiger charge is -2.29. The van der Waals surface area contributed by atoms with Crippen LogP contribution >= 0.6 is 0 Å². The van der Waals surface area contributed by atoms with Crippen LogP contribution in [0.1, 0.15) is 23.4 Å². The van der Waals surface area contributed by atoms with E-state index >= 15 is 0 Å². The third-order valence-electron chi connectivity index (χ3n) is 4.04. The fourth-order valence-corrected chi connectivity index (χ4v) is 4.10. The van der Waals surface area contributed by atoms with E-state index in [4.69, 9.17) is 9.15 Å². The van der Waals surface area contributed by atoms with Gasteiger partial charge in [-0.25, -0.2) is 8.42 Å². The van der Waals surface area contributed by atoms with Crippen molar-refractivity contribution in [3.8, 4) is 0 Å². The Morgan fingerprint density at radius 1 is 1.22 bits per heavy atom. The molecule has 0 bridgehead atoms. The summed E-state index contributed by atoms with van der Waals surface area (Å²) < 4.78 is 36.7. The highest BCUT2D eigenvalue weighted by molar-refractivity contribution is 7.89. The molecule has 0 saturated carbocycles. The number of morpholine rings is 1. The maximum atomic E-state index is 12.5. The van der Waals surface area contributed by atoms with Crippen LogP contribution in [0.25, 0.3) is 0 Å². The third-order valence-corrected chi connectivity index (χ3v) is 5.81. The Morgan fingerprint density at radius 3 is 2.65 bits per heavy atom. The van der Waals surface area contributed by atoms with Crippen LogP contribution in [0.4, 0.5) is 0 Å². The van der Waals surface area contributed by atoms with E-state index in [0.29, 0.717) is 32.6 Å². The van der Waals surface area contributed by atoms with Gasteiger partial charge in [-0.2, -0.15) is 4.31 Å². The second-order valence-corrected chi connectivity index (χ2v) is 7.55. The molecule has 0 aliphatic carbocycles. The zero-order valence-corrected chi connectivity index (χ0v) is 13.5. The first kappa shape index (κ1) is 16.4. The molecule has 1 unspecified atom stereocenters. The normalized spacial score (nSPS) is 23.9.